The SMILES string of the molecule is COc1ccc(/C(O)=C2\C(=O)C(=O)N(Cc3ccco3)C2c2ccc(OC)c(OC)c2)cc1F. The summed E-state index contributed by atoms with van der Waals surface area (Å²) in [5, 5.41) is 11.1. The first-order valence-corrected chi connectivity index (χ1v) is 10.3. The van der Waals surface area contributed by atoms with E-state index in [1.54, 1.807) is 30.3 Å². The van der Waals surface area contributed by atoms with Crippen LogP contribution in [0.1, 0.15) is 22.9 Å². The van der Waals surface area contributed by atoms with E-state index < -0.39 is 29.3 Å². The smallest absolute Gasteiger partial charge is 0.296 e. The van der Waals surface area contributed by atoms with Gasteiger partial charge in [-0.15, -0.1) is 0 Å². The highest BCUT2D eigenvalue weighted by molar-refractivity contribution is 6.46. The number of ketones is 1. The zero-order chi connectivity index (χ0) is 24.4. The molecule has 1 atom stereocenters. The minimum Gasteiger partial charge on any atom is -0.507 e. The van der Waals surface area contributed by atoms with E-state index in [9.17, 15) is 19.1 Å². The van der Waals surface area contributed by atoms with Crippen LogP contribution in [0.4, 0.5) is 4.39 Å². The molecular weight excluding hydrogens is 445 g/mol. The maximum Gasteiger partial charge on any atom is 0.296 e. The number of aliphatic hydroxyl groups is 1. The number of furan rings is 1. The number of benzene rings is 2. The lowest BCUT2D eigenvalue weighted by Crippen LogP contribution is -2.29. The molecule has 0 bridgehead atoms. The van der Waals surface area contributed by atoms with E-state index in [1.807, 2.05) is 0 Å². The molecule has 9 heteroatoms. The summed E-state index contributed by atoms with van der Waals surface area (Å²) in [5.41, 5.74) is 0.326. The van der Waals surface area contributed by atoms with Crippen LogP contribution in [0.2, 0.25) is 0 Å². The molecule has 2 aromatic carbocycles. The number of aliphatic hydroxyl groups excluding tert-OH is 1. The Morgan fingerprint density at radius 3 is 2.32 bits per heavy atom. The van der Waals surface area contributed by atoms with Gasteiger partial charge in [-0.3, -0.25) is 9.59 Å². The van der Waals surface area contributed by atoms with Gasteiger partial charge >= 0.3 is 0 Å². The highest BCUT2D eigenvalue weighted by atomic mass is 19.1. The van der Waals surface area contributed by atoms with Gasteiger partial charge in [0, 0.05) is 5.56 Å². The third-order valence-corrected chi connectivity index (χ3v) is 5.59. The van der Waals surface area contributed by atoms with Crippen molar-refractivity contribution in [2.75, 3.05) is 21.3 Å². The minimum atomic E-state index is -0.991. The first-order valence-electron chi connectivity index (χ1n) is 10.3. The van der Waals surface area contributed by atoms with Crippen molar-refractivity contribution in [3.63, 3.8) is 0 Å². The van der Waals surface area contributed by atoms with Crippen molar-refractivity contribution >= 4 is 17.4 Å². The molecular formula is C25H22FNO7. The molecule has 3 aromatic rings. The number of likely N-dealkylation sites (tertiary alicyclic amines) is 1. The Morgan fingerprint density at radius 2 is 1.71 bits per heavy atom. The Morgan fingerprint density at radius 1 is 1.00 bits per heavy atom. The van der Waals surface area contributed by atoms with Crippen LogP contribution in [0.5, 0.6) is 17.2 Å². The van der Waals surface area contributed by atoms with Crippen molar-refractivity contribution in [2.24, 2.45) is 0 Å². The van der Waals surface area contributed by atoms with Crippen molar-refractivity contribution in [3.8, 4) is 17.2 Å². The topological polar surface area (TPSA) is 98.4 Å². The number of carbonyl (C=O) groups is 2. The van der Waals surface area contributed by atoms with E-state index in [0.717, 1.165) is 6.07 Å². The van der Waals surface area contributed by atoms with Gasteiger partial charge in [0.2, 0.25) is 0 Å². The molecule has 1 aromatic heterocycles. The van der Waals surface area contributed by atoms with Crippen molar-refractivity contribution in [3.05, 3.63) is 83.1 Å². The van der Waals surface area contributed by atoms with Gasteiger partial charge in [0.15, 0.2) is 23.1 Å². The number of Topliss-reactive ketones (excluding diaryl/α,β-unsaturated/α-hetero) is 1. The van der Waals surface area contributed by atoms with Crippen LogP contribution in [0, 0.1) is 5.82 Å². The molecule has 1 aliphatic rings. The maximum atomic E-state index is 14.3. The molecule has 176 valence electrons. The van der Waals surface area contributed by atoms with Gasteiger partial charge in [-0.2, -0.15) is 0 Å². The van der Waals surface area contributed by atoms with Crippen molar-refractivity contribution in [1.82, 2.24) is 4.90 Å². The van der Waals surface area contributed by atoms with E-state index in [2.05, 4.69) is 0 Å². The first-order chi connectivity index (χ1) is 16.4. The Labute approximate surface area is 194 Å². The molecule has 34 heavy (non-hydrogen) atoms. The van der Waals surface area contributed by atoms with Crippen LogP contribution in [0.3, 0.4) is 0 Å². The summed E-state index contributed by atoms with van der Waals surface area (Å²) >= 11 is 0. The molecule has 4 rings (SSSR count). The second-order valence-electron chi connectivity index (χ2n) is 7.47. The fourth-order valence-corrected chi connectivity index (χ4v) is 3.95. The molecule has 0 radical (unpaired) electrons. The van der Waals surface area contributed by atoms with Gasteiger partial charge in [-0.25, -0.2) is 4.39 Å². The third kappa shape index (κ3) is 3.96. The zero-order valence-electron chi connectivity index (χ0n) is 18.7. The number of hydrogen-bond donors (Lipinski definition) is 1. The average Bonchev–Trinajstić information content (AvgIpc) is 3.45. The summed E-state index contributed by atoms with van der Waals surface area (Å²) < 4.78 is 35.3. The number of amides is 1. The predicted octanol–water partition coefficient (Wildman–Crippen LogP) is 4.07. The number of halogens is 1. The molecule has 1 fully saturated rings. The van der Waals surface area contributed by atoms with E-state index >= 15 is 0 Å². The number of nitrogens with zero attached hydrogens (tertiary/aromatic N) is 1. The molecule has 1 amide bonds. The largest absolute Gasteiger partial charge is 0.507 e. The molecule has 1 N–H and O–H groups in total. The van der Waals surface area contributed by atoms with E-state index in [1.165, 1.54) is 44.6 Å². The van der Waals surface area contributed by atoms with Crippen LogP contribution < -0.4 is 14.2 Å². The first kappa shape index (κ1) is 22.9. The number of carbonyl (C=O) groups excluding carboxylic acids is 2. The molecule has 8 nitrogen and oxygen atoms in total. The van der Waals surface area contributed by atoms with Crippen LogP contribution in [-0.2, 0) is 16.1 Å². The summed E-state index contributed by atoms with van der Waals surface area (Å²) in [7, 11) is 4.26. The Balaban J connectivity index is 1.89. The Bertz CT molecular complexity index is 1270. The van der Waals surface area contributed by atoms with Gasteiger partial charge in [0.1, 0.15) is 11.5 Å². The Kier molecular flexibility index (Phi) is 6.27. The van der Waals surface area contributed by atoms with E-state index in [0.29, 0.717) is 22.8 Å². The van der Waals surface area contributed by atoms with Crippen LogP contribution in [0.25, 0.3) is 5.76 Å². The van der Waals surface area contributed by atoms with Gasteiger partial charge in [-0.05, 0) is 48.0 Å². The second-order valence-corrected chi connectivity index (χ2v) is 7.47. The fraction of sp³-hybridized carbons (Fsp3) is 0.200. The van der Waals surface area contributed by atoms with Crippen LogP contribution in [0.15, 0.2) is 64.8 Å². The average molecular weight is 467 g/mol. The third-order valence-electron chi connectivity index (χ3n) is 5.59. The number of methoxy groups -OCH3 is 3. The number of ether oxygens (including phenoxy) is 3. The quantitative estimate of drug-likeness (QED) is 0.318. The summed E-state index contributed by atoms with van der Waals surface area (Å²) in [4.78, 5) is 27.4. The molecule has 1 aliphatic heterocycles. The van der Waals surface area contributed by atoms with E-state index in [-0.39, 0.29) is 23.4 Å². The van der Waals surface area contributed by atoms with Gasteiger partial charge in [0.25, 0.3) is 11.7 Å². The van der Waals surface area contributed by atoms with Crippen LogP contribution >= 0.6 is 0 Å². The minimum absolute atomic E-state index is 0.0220. The standard InChI is InChI=1S/C25H22FNO7/c1-31-18-8-7-15(11-17(18)26)23(28)21-22(14-6-9-19(32-2)20(12-14)33-3)27(25(30)24(21)29)13-16-5-4-10-34-16/h4-12,22,28H,13H2,1-3H3/b23-21+. The molecule has 0 saturated carbocycles. The monoisotopic (exact) mass is 467 g/mol. The highest BCUT2D eigenvalue weighted by Crippen LogP contribution is 2.43. The molecule has 0 spiro atoms. The van der Waals surface area contributed by atoms with Gasteiger partial charge < -0.3 is 28.6 Å². The second kappa shape index (κ2) is 9.30. The van der Waals surface area contributed by atoms with E-state index in [4.69, 9.17) is 18.6 Å². The normalized spacial score (nSPS) is 17.2. The summed E-state index contributed by atoms with van der Waals surface area (Å²) in [6.07, 6.45) is 1.46. The highest BCUT2D eigenvalue weighted by Gasteiger charge is 2.46. The number of hydrogen-bond acceptors (Lipinski definition) is 7. The maximum absolute atomic E-state index is 14.3. The van der Waals surface area contributed by atoms with Gasteiger partial charge in [0.05, 0.1) is 45.8 Å². The lowest BCUT2D eigenvalue weighted by Gasteiger charge is -2.25. The zero-order valence-corrected chi connectivity index (χ0v) is 18.7. The van der Waals surface area contributed by atoms with Crippen molar-refractivity contribution < 1.29 is 37.7 Å². The predicted molar refractivity (Wildman–Crippen MR) is 119 cm³/mol. The fourth-order valence-electron chi connectivity index (χ4n) is 3.95. The summed E-state index contributed by atoms with van der Waals surface area (Å²) in [5.74, 6) is -1.72. The van der Waals surface area contributed by atoms with Crippen molar-refractivity contribution in [2.45, 2.75) is 12.6 Å². The molecule has 1 unspecified atom stereocenters. The van der Waals surface area contributed by atoms with Gasteiger partial charge in [-0.1, -0.05) is 6.07 Å². The molecule has 1 saturated heterocycles. The summed E-state index contributed by atoms with van der Waals surface area (Å²) in [6.45, 7) is -0.0235. The lowest BCUT2D eigenvalue weighted by molar-refractivity contribution is -0.140. The molecule has 0 aliphatic carbocycles. The molecule has 2 heterocycles. The van der Waals surface area contributed by atoms with Crippen LogP contribution in [-0.4, -0.2) is 43.0 Å². The lowest BCUT2D eigenvalue weighted by atomic mass is 9.95. The number of rotatable bonds is 7. The van der Waals surface area contributed by atoms with Crippen molar-refractivity contribution in [1.29, 1.82) is 0 Å². The Hall–Kier alpha value is -4.27. The summed E-state index contributed by atoms with van der Waals surface area (Å²) in [6, 6.07) is 11.0.